The molecule has 6 heteroatoms. The van der Waals surface area contributed by atoms with E-state index in [4.69, 9.17) is 9.47 Å². The highest BCUT2D eigenvalue weighted by atomic mass is 16.5. The average Bonchev–Trinajstić information content (AvgIpc) is 3.36. The second-order valence-corrected chi connectivity index (χ2v) is 16.6. The van der Waals surface area contributed by atoms with Gasteiger partial charge in [-0.3, -0.25) is 19.2 Å². The van der Waals surface area contributed by atoms with Crippen LogP contribution in [0.5, 0.6) is 0 Å². The van der Waals surface area contributed by atoms with Crippen molar-refractivity contribution in [2.45, 2.75) is 119 Å². The number of esters is 2. The number of Topliss-reactive ketones (excluding diaryl/α,β-unsaturated/α-hetero) is 2. The molecule has 0 aliphatic heterocycles. The third-order valence-electron chi connectivity index (χ3n) is 15.0. The summed E-state index contributed by atoms with van der Waals surface area (Å²) in [5.41, 5.74) is 0.757. The molecular formula is C37H56O6. The van der Waals surface area contributed by atoms with Crippen LogP contribution in [0.1, 0.15) is 119 Å². The molecule has 5 saturated carbocycles. The first-order valence-electron chi connectivity index (χ1n) is 16.9. The Balaban J connectivity index is 1.50. The topological polar surface area (TPSA) is 86.7 Å². The minimum atomic E-state index is -0.821. The first-order valence-corrected chi connectivity index (χ1v) is 16.9. The Labute approximate surface area is 259 Å². The smallest absolute Gasteiger partial charge is 0.309 e. The molecule has 10 atom stereocenters. The molecule has 0 aromatic heterocycles. The lowest BCUT2D eigenvalue weighted by Gasteiger charge is -2.72. The van der Waals surface area contributed by atoms with E-state index in [1.165, 1.54) is 19.8 Å². The first kappa shape index (κ1) is 32.4. The number of carbonyl (C=O) groups excluding carboxylic acids is 4. The van der Waals surface area contributed by atoms with Crippen LogP contribution < -0.4 is 0 Å². The van der Waals surface area contributed by atoms with Crippen LogP contribution in [0.25, 0.3) is 0 Å². The molecule has 5 rings (SSSR count). The molecule has 5 unspecified atom stereocenters. The number of hydrogen-bond acceptors (Lipinski definition) is 6. The Bertz CT molecular complexity index is 1200. The molecule has 43 heavy (non-hydrogen) atoms. The fourth-order valence-electron chi connectivity index (χ4n) is 12.5. The van der Waals surface area contributed by atoms with Crippen LogP contribution in [-0.2, 0) is 28.7 Å². The summed E-state index contributed by atoms with van der Waals surface area (Å²) in [6.45, 7) is 18.6. The second kappa shape index (κ2) is 10.8. The minimum Gasteiger partial charge on any atom is -0.469 e. The van der Waals surface area contributed by atoms with Crippen molar-refractivity contribution in [1.29, 1.82) is 0 Å². The average molecular weight is 597 g/mol. The molecule has 0 heterocycles. The molecule has 6 nitrogen and oxygen atoms in total. The van der Waals surface area contributed by atoms with E-state index >= 15 is 0 Å². The maximum Gasteiger partial charge on any atom is 0.309 e. The van der Waals surface area contributed by atoms with Gasteiger partial charge in [-0.1, -0.05) is 46.8 Å². The SMILES string of the molecule is C=C(C)[C@@H]1CC[C@]2(C(=O)CC(CC(=O)OC)C(=O)OC)CC[C@]3(C)C(CCC4[C@@]5(C)CCC(=O)C(C)(C)C5CC[C@]43C)C12. The fraction of sp³-hybridized carbons (Fsp3) is 0.838. The molecule has 0 aromatic rings. The van der Waals surface area contributed by atoms with Gasteiger partial charge in [0, 0.05) is 23.7 Å². The third kappa shape index (κ3) is 4.53. The van der Waals surface area contributed by atoms with Gasteiger partial charge in [0.15, 0.2) is 0 Å². The summed E-state index contributed by atoms with van der Waals surface area (Å²) < 4.78 is 9.89. The maximum atomic E-state index is 14.5. The van der Waals surface area contributed by atoms with Crippen molar-refractivity contribution in [3.8, 4) is 0 Å². The number of rotatable bonds is 7. The summed E-state index contributed by atoms with van der Waals surface area (Å²) in [6, 6.07) is 0. The Kier molecular flexibility index (Phi) is 8.16. The molecule has 0 N–H and O–H groups in total. The number of hydrogen-bond donors (Lipinski definition) is 0. The number of ether oxygens (including phenoxy) is 2. The lowest BCUT2D eigenvalue weighted by molar-refractivity contribution is -0.232. The van der Waals surface area contributed by atoms with E-state index in [1.807, 2.05) is 0 Å². The molecular weight excluding hydrogens is 540 g/mol. The van der Waals surface area contributed by atoms with E-state index in [-0.39, 0.29) is 52.1 Å². The lowest BCUT2D eigenvalue weighted by Crippen LogP contribution is -2.66. The van der Waals surface area contributed by atoms with Crippen LogP contribution in [-0.4, -0.2) is 37.7 Å². The van der Waals surface area contributed by atoms with Gasteiger partial charge in [-0.05, 0) is 111 Å². The molecule has 0 bridgehead atoms. The van der Waals surface area contributed by atoms with Gasteiger partial charge in [0.05, 0.1) is 26.6 Å². The van der Waals surface area contributed by atoms with Gasteiger partial charge >= 0.3 is 11.9 Å². The zero-order chi connectivity index (χ0) is 31.8. The predicted octanol–water partition coefficient (Wildman–Crippen LogP) is 7.52. The van der Waals surface area contributed by atoms with E-state index in [9.17, 15) is 19.2 Å². The van der Waals surface area contributed by atoms with Crippen molar-refractivity contribution in [3.63, 3.8) is 0 Å². The fourth-order valence-corrected chi connectivity index (χ4v) is 12.5. The molecule has 0 radical (unpaired) electrons. The molecule has 5 aliphatic rings. The van der Waals surface area contributed by atoms with Crippen molar-refractivity contribution in [3.05, 3.63) is 12.2 Å². The Morgan fingerprint density at radius 3 is 2.16 bits per heavy atom. The largest absolute Gasteiger partial charge is 0.469 e. The highest BCUT2D eigenvalue weighted by Crippen LogP contribution is 2.77. The van der Waals surface area contributed by atoms with Crippen LogP contribution >= 0.6 is 0 Å². The quantitative estimate of drug-likeness (QED) is 0.223. The van der Waals surface area contributed by atoms with Gasteiger partial charge in [-0.2, -0.15) is 0 Å². The van der Waals surface area contributed by atoms with Crippen molar-refractivity contribution in [2.24, 2.45) is 62.6 Å². The van der Waals surface area contributed by atoms with E-state index in [0.29, 0.717) is 30.0 Å². The van der Waals surface area contributed by atoms with Gasteiger partial charge in [0.1, 0.15) is 11.6 Å². The van der Waals surface area contributed by atoms with Crippen LogP contribution in [0.3, 0.4) is 0 Å². The number of allylic oxidation sites excluding steroid dienone is 1. The van der Waals surface area contributed by atoms with Crippen LogP contribution in [0.15, 0.2) is 12.2 Å². The highest BCUT2D eigenvalue weighted by molar-refractivity contribution is 5.91. The molecule has 240 valence electrons. The monoisotopic (exact) mass is 596 g/mol. The van der Waals surface area contributed by atoms with Gasteiger partial charge in [-0.25, -0.2) is 0 Å². The predicted molar refractivity (Wildman–Crippen MR) is 166 cm³/mol. The molecule has 5 aliphatic carbocycles. The van der Waals surface area contributed by atoms with Crippen molar-refractivity contribution < 1.29 is 28.7 Å². The maximum absolute atomic E-state index is 14.5. The molecule has 0 saturated heterocycles. The Morgan fingerprint density at radius 2 is 1.53 bits per heavy atom. The van der Waals surface area contributed by atoms with Gasteiger partial charge in [-0.15, -0.1) is 0 Å². The summed E-state index contributed by atoms with van der Waals surface area (Å²) in [5, 5.41) is 0. The zero-order valence-corrected chi connectivity index (χ0v) is 28.1. The summed E-state index contributed by atoms with van der Waals surface area (Å²) >= 11 is 0. The lowest BCUT2D eigenvalue weighted by atomic mass is 9.32. The standard InChI is InChI=1S/C37H56O6/c1-22(2)24-12-17-37(29(39)20-23(32(41)43-9)21-30(40)42-8)19-18-35(6)25(31(24)37)10-11-27-34(5)15-14-28(38)33(3,4)26(34)13-16-36(27,35)7/h23-27,31H,1,10-21H2,2-9H3/t23?,24-,25?,26?,27?,31?,34-,35+,36+,37+/m0/s1. The minimum absolute atomic E-state index is 0.0212. The van der Waals surface area contributed by atoms with E-state index in [2.05, 4.69) is 48.1 Å². The van der Waals surface area contributed by atoms with Crippen molar-refractivity contribution in [1.82, 2.24) is 0 Å². The number of ketones is 2. The summed E-state index contributed by atoms with van der Waals surface area (Å²) in [4.78, 5) is 52.5. The molecule has 0 spiro atoms. The van der Waals surface area contributed by atoms with Crippen molar-refractivity contribution in [2.75, 3.05) is 14.2 Å². The third-order valence-corrected chi connectivity index (χ3v) is 15.0. The first-order chi connectivity index (χ1) is 20.0. The normalized spacial score (nSPS) is 43.7. The number of methoxy groups -OCH3 is 2. The highest BCUT2D eigenvalue weighted by Gasteiger charge is 2.71. The van der Waals surface area contributed by atoms with E-state index < -0.39 is 23.3 Å². The number of fused-ring (bicyclic) bond motifs is 7. The Hall–Kier alpha value is -1.98. The van der Waals surface area contributed by atoms with Crippen LogP contribution in [0, 0.1) is 62.6 Å². The van der Waals surface area contributed by atoms with Gasteiger partial charge < -0.3 is 9.47 Å². The van der Waals surface area contributed by atoms with Gasteiger partial charge in [0.25, 0.3) is 0 Å². The zero-order valence-electron chi connectivity index (χ0n) is 28.1. The Morgan fingerprint density at radius 1 is 0.837 bits per heavy atom. The van der Waals surface area contributed by atoms with Crippen molar-refractivity contribution >= 4 is 23.5 Å². The summed E-state index contributed by atoms with van der Waals surface area (Å²) in [7, 11) is 2.62. The summed E-state index contributed by atoms with van der Waals surface area (Å²) in [6.07, 6.45) is 9.64. The molecule has 0 amide bonds. The van der Waals surface area contributed by atoms with Gasteiger partial charge in [0.2, 0.25) is 0 Å². The molecule has 0 aromatic carbocycles. The van der Waals surface area contributed by atoms with Crippen LogP contribution in [0.4, 0.5) is 0 Å². The second-order valence-electron chi connectivity index (χ2n) is 16.6. The van der Waals surface area contributed by atoms with E-state index in [0.717, 1.165) is 57.8 Å². The summed E-state index contributed by atoms with van der Waals surface area (Å²) in [5.74, 6) is 0.572. The molecule has 5 fully saturated rings. The van der Waals surface area contributed by atoms with Crippen LogP contribution in [0.2, 0.25) is 0 Å². The number of carbonyl (C=O) groups is 4. The van der Waals surface area contributed by atoms with E-state index in [1.54, 1.807) is 0 Å².